The third-order valence-electron chi connectivity index (χ3n) is 6.61. The number of hydrogen-bond donors (Lipinski definition) is 1. The Bertz CT molecular complexity index is 931. The summed E-state index contributed by atoms with van der Waals surface area (Å²) < 4.78 is 10.3. The number of nitrogens with one attached hydrogen (secondary N) is 1. The number of carbonyl (C=O) groups excluding carboxylic acids is 1. The normalized spacial score (nSPS) is 16.0. The fourth-order valence-electron chi connectivity index (χ4n) is 4.67. The highest BCUT2D eigenvalue weighted by molar-refractivity contribution is 5.69. The van der Waals surface area contributed by atoms with Gasteiger partial charge in [0.05, 0.1) is 20.1 Å². The van der Waals surface area contributed by atoms with E-state index in [0.29, 0.717) is 31.5 Å². The number of likely N-dealkylation sites (tertiary alicyclic amines) is 1. The summed E-state index contributed by atoms with van der Waals surface area (Å²) in [5, 5.41) is 3.43. The van der Waals surface area contributed by atoms with Crippen LogP contribution in [0, 0.1) is 0 Å². The zero-order valence-corrected chi connectivity index (χ0v) is 20.5. The molecular formula is C26H37N5O3. The van der Waals surface area contributed by atoms with Crippen LogP contribution in [0.15, 0.2) is 30.5 Å². The summed E-state index contributed by atoms with van der Waals surface area (Å²) in [6.45, 7) is 7.86. The molecule has 0 unspecified atom stereocenters. The number of aromatic nitrogens is 2. The van der Waals surface area contributed by atoms with Crippen molar-refractivity contribution in [2.24, 2.45) is 0 Å². The maximum Gasteiger partial charge on any atom is 0.307 e. The van der Waals surface area contributed by atoms with E-state index in [-0.39, 0.29) is 5.97 Å². The van der Waals surface area contributed by atoms with Gasteiger partial charge in [-0.3, -0.25) is 9.69 Å². The van der Waals surface area contributed by atoms with Crippen molar-refractivity contribution < 1.29 is 14.3 Å². The average molecular weight is 468 g/mol. The lowest BCUT2D eigenvalue weighted by molar-refractivity contribution is -0.143. The topological polar surface area (TPSA) is 79.8 Å². The Kier molecular flexibility index (Phi) is 8.71. The first-order valence-electron chi connectivity index (χ1n) is 12.5. The maximum atomic E-state index is 11.9. The number of methoxy groups -OCH3 is 1. The van der Waals surface area contributed by atoms with Crippen LogP contribution in [-0.4, -0.2) is 78.2 Å². The number of ether oxygens (including phenoxy) is 2. The summed E-state index contributed by atoms with van der Waals surface area (Å²) >= 11 is 0. The van der Waals surface area contributed by atoms with Crippen LogP contribution >= 0.6 is 0 Å². The van der Waals surface area contributed by atoms with Gasteiger partial charge in [-0.15, -0.1) is 0 Å². The smallest absolute Gasteiger partial charge is 0.307 e. The number of pyridine rings is 2. The van der Waals surface area contributed by atoms with E-state index in [1.165, 1.54) is 17.7 Å². The Labute approximate surface area is 202 Å². The Morgan fingerprint density at radius 3 is 2.91 bits per heavy atom. The molecule has 0 atom stereocenters. The standard InChI is InChI=1S/C26H37N5O3/c1-3-34-25(32)12-15-31(17-20-8-11-24(33-2)28-16-20)23-18-30(19-23)14-5-7-22-10-9-21-6-4-13-27-26(21)29-22/h8-11,16,23H,3-7,12-15,17-19H2,1-2H3,(H,27,29). The van der Waals surface area contributed by atoms with E-state index >= 15 is 0 Å². The van der Waals surface area contributed by atoms with Crippen LogP contribution in [0.2, 0.25) is 0 Å². The highest BCUT2D eigenvalue weighted by Crippen LogP contribution is 2.22. The summed E-state index contributed by atoms with van der Waals surface area (Å²) in [7, 11) is 1.62. The van der Waals surface area contributed by atoms with E-state index in [0.717, 1.165) is 63.4 Å². The second-order valence-electron chi connectivity index (χ2n) is 9.09. The fraction of sp³-hybridized carbons (Fsp3) is 0.577. The van der Waals surface area contributed by atoms with E-state index in [1.807, 2.05) is 25.3 Å². The molecule has 1 saturated heterocycles. The number of rotatable bonds is 12. The number of nitrogens with zero attached hydrogens (tertiary/aromatic N) is 4. The van der Waals surface area contributed by atoms with E-state index < -0.39 is 0 Å². The molecular weight excluding hydrogens is 430 g/mol. The predicted molar refractivity (Wildman–Crippen MR) is 132 cm³/mol. The monoisotopic (exact) mass is 467 g/mol. The highest BCUT2D eigenvalue weighted by Gasteiger charge is 2.31. The second-order valence-corrected chi connectivity index (χ2v) is 9.09. The molecule has 0 radical (unpaired) electrons. The Morgan fingerprint density at radius 1 is 1.26 bits per heavy atom. The molecule has 2 aliphatic heterocycles. The van der Waals surface area contributed by atoms with Crippen LogP contribution in [0.25, 0.3) is 0 Å². The van der Waals surface area contributed by atoms with Gasteiger partial charge in [0.1, 0.15) is 5.82 Å². The van der Waals surface area contributed by atoms with Gasteiger partial charge in [-0.1, -0.05) is 12.1 Å². The molecule has 0 aromatic carbocycles. The first-order chi connectivity index (χ1) is 16.6. The minimum atomic E-state index is -0.136. The van der Waals surface area contributed by atoms with Crippen LogP contribution in [0.1, 0.15) is 43.0 Å². The number of fused-ring (bicyclic) bond motifs is 1. The molecule has 1 N–H and O–H groups in total. The van der Waals surface area contributed by atoms with Crippen LogP contribution in [-0.2, 0) is 28.9 Å². The molecule has 184 valence electrons. The van der Waals surface area contributed by atoms with Crippen molar-refractivity contribution in [3.63, 3.8) is 0 Å². The predicted octanol–water partition coefficient (Wildman–Crippen LogP) is 2.92. The molecule has 2 aromatic rings. The highest BCUT2D eigenvalue weighted by atomic mass is 16.5. The SMILES string of the molecule is CCOC(=O)CCN(Cc1ccc(OC)nc1)C1CN(CCCc2ccc3c(n2)NCCC3)C1. The van der Waals surface area contributed by atoms with E-state index in [9.17, 15) is 4.79 Å². The largest absolute Gasteiger partial charge is 0.481 e. The van der Waals surface area contributed by atoms with Gasteiger partial charge in [0.15, 0.2) is 0 Å². The van der Waals surface area contributed by atoms with Gasteiger partial charge in [-0.2, -0.15) is 0 Å². The molecule has 0 amide bonds. The molecule has 4 rings (SSSR count). The number of hydrogen-bond acceptors (Lipinski definition) is 8. The first kappa shape index (κ1) is 24.4. The van der Waals surface area contributed by atoms with Gasteiger partial charge in [0, 0.05) is 56.7 Å². The Balaban J connectivity index is 1.25. The summed E-state index contributed by atoms with van der Waals surface area (Å²) in [4.78, 5) is 26.0. The molecule has 34 heavy (non-hydrogen) atoms. The first-order valence-corrected chi connectivity index (χ1v) is 12.5. The molecule has 4 heterocycles. The van der Waals surface area contributed by atoms with E-state index in [4.69, 9.17) is 14.5 Å². The summed E-state index contributed by atoms with van der Waals surface area (Å²) in [6, 6.07) is 8.78. The fourth-order valence-corrected chi connectivity index (χ4v) is 4.67. The lowest BCUT2D eigenvalue weighted by Gasteiger charge is -2.45. The molecule has 0 saturated carbocycles. The maximum absolute atomic E-state index is 11.9. The van der Waals surface area contributed by atoms with Gasteiger partial charge < -0.3 is 19.7 Å². The molecule has 8 nitrogen and oxygen atoms in total. The van der Waals surface area contributed by atoms with Crippen LogP contribution < -0.4 is 10.1 Å². The second kappa shape index (κ2) is 12.1. The third kappa shape index (κ3) is 6.67. The zero-order valence-electron chi connectivity index (χ0n) is 20.5. The van der Waals surface area contributed by atoms with Crippen molar-refractivity contribution in [1.29, 1.82) is 0 Å². The number of esters is 1. The van der Waals surface area contributed by atoms with Crippen LogP contribution in [0.4, 0.5) is 5.82 Å². The van der Waals surface area contributed by atoms with Crippen molar-refractivity contribution in [3.05, 3.63) is 47.3 Å². The van der Waals surface area contributed by atoms with Gasteiger partial charge in [0.25, 0.3) is 0 Å². The van der Waals surface area contributed by atoms with Crippen molar-refractivity contribution in [2.45, 2.75) is 51.6 Å². The van der Waals surface area contributed by atoms with Crippen molar-refractivity contribution in [3.8, 4) is 5.88 Å². The van der Waals surface area contributed by atoms with E-state index in [2.05, 4.69) is 32.2 Å². The molecule has 1 fully saturated rings. The van der Waals surface area contributed by atoms with Gasteiger partial charge in [0.2, 0.25) is 5.88 Å². The quantitative estimate of drug-likeness (QED) is 0.478. The van der Waals surface area contributed by atoms with E-state index in [1.54, 1.807) is 7.11 Å². The van der Waals surface area contributed by atoms with Crippen LogP contribution in [0.5, 0.6) is 5.88 Å². The Morgan fingerprint density at radius 2 is 2.15 bits per heavy atom. The number of aryl methyl sites for hydroxylation is 2. The van der Waals surface area contributed by atoms with Gasteiger partial charge in [-0.25, -0.2) is 9.97 Å². The molecule has 8 heteroatoms. The summed E-state index contributed by atoms with van der Waals surface area (Å²) in [5.41, 5.74) is 3.64. The molecule has 0 aliphatic carbocycles. The third-order valence-corrected chi connectivity index (χ3v) is 6.61. The lowest BCUT2D eigenvalue weighted by atomic mass is 10.0. The minimum absolute atomic E-state index is 0.136. The average Bonchev–Trinajstić information content (AvgIpc) is 2.84. The zero-order chi connectivity index (χ0) is 23.8. The number of carbonyl (C=O) groups is 1. The van der Waals surface area contributed by atoms with Crippen molar-refractivity contribution >= 4 is 11.8 Å². The molecule has 0 spiro atoms. The number of anilines is 1. The molecule has 2 aromatic heterocycles. The van der Waals surface area contributed by atoms with Crippen molar-refractivity contribution in [2.75, 3.05) is 51.8 Å². The minimum Gasteiger partial charge on any atom is -0.481 e. The van der Waals surface area contributed by atoms with Gasteiger partial charge >= 0.3 is 5.97 Å². The van der Waals surface area contributed by atoms with Crippen molar-refractivity contribution in [1.82, 2.24) is 19.8 Å². The summed E-state index contributed by atoms with van der Waals surface area (Å²) in [6.07, 6.45) is 6.68. The lowest BCUT2D eigenvalue weighted by Crippen LogP contribution is -2.59. The molecule has 0 bridgehead atoms. The molecule has 2 aliphatic rings. The van der Waals surface area contributed by atoms with Gasteiger partial charge in [-0.05, 0) is 56.3 Å². The Hall–Kier alpha value is -2.71. The van der Waals surface area contributed by atoms with Crippen LogP contribution in [0.3, 0.4) is 0 Å². The summed E-state index contributed by atoms with van der Waals surface area (Å²) in [5.74, 6) is 1.56.